The van der Waals surface area contributed by atoms with Crippen molar-refractivity contribution in [2.24, 2.45) is 10.2 Å². The summed E-state index contributed by atoms with van der Waals surface area (Å²) in [4.78, 5) is -1.27. The maximum Gasteiger partial charge on any atom is 0.298 e. The van der Waals surface area contributed by atoms with Gasteiger partial charge in [-0.3, -0.25) is 9.11 Å². The second-order valence-corrected chi connectivity index (χ2v) is 9.48. The van der Waals surface area contributed by atoms with Crippen molar-refractivity contribution in [1.29, 1.82) is 0 Å². The van der Waals surface area contributed by atoms with E-state index in [2.05, 4.69) is 15.5 Å². The molecule has 3 aromatic carbocycles. The number of nitrogens with one attached hydrogen (secondary N) is 1. The minimum absolute atomic E-state index is 0.0512. The van der Waals surface area contributed by atoms with Crippen molar-refractivity contribution in [2.45, 2.75) is 16.7 Å². The molecule has 0 spiro atoms. The van der Waals surface area contributed by atoms with Gasteiger partial charge >= 0.3 is 0 Å². The number of phenolic OH excluding ortho intramolecular Hbond substituents is 1. The first-order valence-corrected chi connectivity index (χ1v) is 11.8. The van der Waals surface area contributed by atoms with Crippen LogP contribution < -0.4 is 10.1 Å². The van der Waals surface area contributed by atoms with Gasteiger partial charge in [0.05, 0.1) is 12.8 Å². The molecule has 0 fully saturated rings. The van der Waals surface area contributed by atoms with Crippen LogP contribution in [0.15, 0.2) is 56.4 Å². The van der Waals surface area contributed by atoms with Crippen LogP contribution >= 0.6 is 0 Å². The third-order valence-electron chi connectivity index (χ3n) is 4.64. The lowest BCUT2D eigenvalue weighted by molar-refractivity contribution is 0.397. The number of fused-ring (bicyclic) bond motifs is 1. The fourth-order valence-electron chi connectivity index (χ4n) is 3.02. The van der Waals surface area contributed by atoms with E-state index in [-0.39, 0.29) is 16.8 Å². The van der Waals surface area contributed by atoms with Crippen LogP contribution in [0.3, 0.4) is 0 Å². The van der Waals surface area contributed by atoms with Gasteiger partial charge in [-0.25, -0.2) is 0 Å². The molecule has 170 valence electrons. The second kappa shape index (κ2) is 8.35. The normalized spacial score (nSPS) is 12.4. The first-order valence-electron chi connectivity index (χ1n) is 8.89. The Balaban J connectivity index is 2.26. The van der Waals surface area contributed by atoms with Crippen LogP contribution in [0, 0.1) is 6.92 Å². The first-order chi connectivity index (χ1) is 14.9. The van der Waals surface area contributed by atoms with E-state index >= 15 is 0 Å². The number of azo groups is 1. The van der Waals surface area contributed by atoms with Crippen LogP contribution in [-0.2, 0) is 20.2 Å². The molecule has 3 aromatic rings. The lowest BCUT2D eigenvalue weighted by atomic mass is 10.1. The molecule has 0 atom stereocenters. The molecule has 13 heteroatoms. The Labute approximate surface area is 183 Å². The lowest BCUT2D eigenvalue weighted by Gasteiger charge is -2.11. The maximum atomic E-state index is 11.9. The molecule has 0 saturated carbocycles. The average Bonchev–Trinajstić information content (AvgIpc) is 2.71. The SMILES string of the molecule is CNc1ccc2c(O)c(N=Nc3cc(S(=O)(=O)O)c(OC)cc3C)c(S(=O)(=O)O)cc2c1. The van der Waals surface area contributed by atoms with Crippen molar-refractivity contribution < 1.29 is 35.8 Å². The van der Waals surface area contributed by atoms with E-state index < -0.39 is 41.5 Å². The third-order valence-corrected chi connectivity index (χ3v) is 6.38. The number of hydrogen-bond acceptors (Lipinski definition) is 9. The predicted octanol–water partition coefficient (Wildman–Crippen LogP) is 3.81. The Morgan fingerprint density at radius 1 is 0.938 bits per heavy atom. The second-order valence-electron chi connectivity index (χ2n) is 6.70. The highest BCUT2D eigenvalue weighted by Gasteiger charge is 2.23. The molecule has 3 rings (SSSR count). The summed E-state index contributed by atoms with van der Waals surface area (Å²) in [5.74, 6) is -0.681. The Bertz CT molecular complexity index is 1470. The van der Waals surface area contributed by atoms with Crippen molar-refractivity contribution in [1.82, 2.24) is 0 Å². The summed E-state index contributed by atoms with van der Waals surface area (Å²) in [6, 6.07) is 8.14. The van der Waals surface area contributed by atoms with Crippen LogP contribution in [0.4, 0.5) is 17.1 Å². The van der Waals surface area contributed by atoms with Crippen LogP contribution in [0.25, 0.3) is 10.8 Å². The van der Waals surface area contributed by atoms with Crippen LogP contribution in [0.2, 0.25) is 0 Å². The third kappa shape index (κ3) is 4.50. The van der Waals surface area contributed by atoms with Crippen molar-refractivity contribution in [3.05, 3.63) is 42.0 Å². The summed E-state index contributed by atoms with van der Waals surface area (Å²) < 4.78 is 71.2. The van der Waals surface area contributed by atoms with Gasteiger partial charge < -0.3 is 15.2 Å². The van der Waals surface area contributed by atoms with Crippen LogP contribution in [0.5, 0.6) is 11.5 Å². The fraction of sp³-hybridized carbons (Fsp3) is 0.158. The van der Waals surface area contributed by atoms with Crippen molar-refractivity contribution in [3.63, 3.8) is 0 Å². The molecule has 11 nitrogen and oxygen atoms in total. The van der Waals surface area contributed by atoms with Gasteiger partial charge in [0.2, 0.25) is 0 Å². The van der Waals surface area contributed by atoms with Gasteiger partial charge in [-0.1, -0.05) is 0 Å². The molecule has 0 radical (unpaired) electrons. The molecule has 32 heavy (non-hydrogen) atoms. The Morgan fingerprint density at radius 2 is 1.59 bits per heavy atom. The fourth-order valence-corrected chi connectivity index (χ4v) is 4.34. The summed E-state index contributed by atoms with van der Waals surface area (Å²) in [6.07, 6.45) is 0. The summed E-state index contributed by atoms with van der Waals surface area (Å²) in [7, 11) is -6.60. The van der Waals surface area contributed by atoms with Crippen molar-refractivity contribution in [3.8, 4) is 11.5 Å². The number of aromatic hydroxyl groups is 1. The number of ether oxygens (including phenoxy) is 1. The van der Waals surface area contributed by atoms with E-state index in [0.29, 0.717) is 16.6 Å². The lowest BCUT2D eigenvalue weighted by Crippen LogP contribution is -2.02. The molecule has 0 unspecified atom stereocenters. The van der Waals surface area contributed by atoms with Gasteiger partial charge in [0.25, 0.3) is 20.2 Å². The zero-order chi connectivity index (χ0) is 23.8. The number of methoxy groups -OCH3 is 1. The number of phenols is 1. The Kier molecular flexibility index (Phi) is 6.11. The van der Waals surface area contributed by atoms with Gasteiger partial charge in [0.1, 0.15) is 21.2 Å². The molecular formula is C19H19N3O8S2. The van der Waals surface area contributed by atoms with E-state index in [4.69, 9.17) is 4.74 Å². The van der Waals surface area contributed by atoms with Crippen LogP contribution in [-0.4, -0.2) is 45.2 Å². The van der Waals surface area contributed by atoms with Crippen LogP contribution in [0.1, 0.15) is 5.56 Å². The number of anilines is 1. The highest BCUT2D eigenvalue weighted by Crippen LogP contribution is 2.42. The van der Waals surface area contributed by atoms with Gasteiger partial charge in [-0.15, -0.1) is 5.11 Å². The molecular weight excluding hydrogens is 462 g/mol. The zero-order valence-electron chi connectivity index (χ0n) is 17.1. The van der Waals surface area contributed by atoms with Crippen molar-refractivity contribution in [2.75, 3.05) is 19.5 Å². The van der Waals surface area contributed by atoms with Gasteiger partial charge in [-0.2, -0.15) is 21.9 Å². The summed E-state index contributed by atoms with van der Waals surface area (Å²) in [5, 5.41) is 21.7. The highest BCUT2D eigenvalue weighted by molar-refractivity contribution is 7.86. The topological polar surface area (TPSA) is 175 Å². The molecule has 4 N–H and O–H groups in total. The number of hydrogen-bond donors (Lipinski definition) is 4. The Morgan fingerprint density at radius 3 is 2.16 bits per heavy atom. The van der Waals surface area contributed by atoms with Crippen molar-refractivity contribution >= 4 is 48.1 Å². The minimum Gasteiger partial charge on any atom is -0.505 e. The highest BCUT2D eigenvalue weighted by atomic mass is 32.2. The molecule has 0 saturated heterocycles. The number of aryl methyl sites for hydroxylation is 1. The summed E-state index contributed by atoms with van der Waals surface area (Å²) >= 11 is 0. The van der Waals surface area contributed by atoms with Gasteiger partial charge in [-0.05, 0) is 54.3 Å². The molecule has 0 amide bonds. The van der Waals surface area contributed by atoms with E-state index in [1.807, 2.05) is 0 Å². The summed E-state index contributed by atoms with van der Waals surface area (Å²) in [6.45, 7) is 1.55. The predicted molar refractivity (Wildman–Crippen MR) is 117 cm³/mol. The smallest absolute Gasteiger partial charge is 0.298 e. The van der Waals surface area contributed by atoms with E-state index in [1.165, 1.54) is 19.2 Å². The minimum atomic E-state index is -4.81. The Hall–Kier alpha value is -3.26. The average molecular weight is 482 g/mol. The quantitative estimate of drug-likeness (QED) is 0.301. The summed E-state index contributed by atoms with van der Waals surface area (Å²) in [5.41, 5.74) is 0.426. The molecule has 0 aliphatic carbocycles. The molecule has 0 aliphatic heterocycles. The first kappa shape index (κ1) is 23.4. The van der Waals surface area contributed by atoms with E-state index in [0.717, 1.165) is 12.1 Å². The molecule has 0 aliphatic rings. The number of rotatable bonds is 6. The standard InChI is InChI=1S/C19H19N3O8S2/c1-10-6-15(30-3)16(31(24,25)26)9-14(10)21-22-18-17(32(27,28)29)8-11-7-12(20-2)4-5-13(11)19(18)23/h4-9,20,23H,1-3H3,(H,24,25,26)(H,27,28,29). The molecule has 0 heterocycles. The number of nitrogens with zero attached hydrogens (tertiary/aromatic N) is 2. The number of benzene rings is 3. The van der Waals surface area contributed by atoms with E-state index in [9.17, 15) is 31.0 Å². The largest absolute Gasteiger partial charge is 0.505 e. The maximum absolute atomic E-state index is 11.9. The molecule has 0 bridgehead atoms. The molecule has 0 aromatic heterocycles. The zero-order valence-corrected chi connectivity index (χ0v) is 18.7. The van der Waals surface area contributed by atoms with E-state index in [1.54, 1.807) is 26.1 Å². The van der Waals surface area contributed by atoms with Gasteiger partial charge in [0, 0.05) is 18.1 Å². The van der Waals surface area contributed by atoms with Gasteiger partial charge in [0.15, 0.2) is 5.75 Å². The monoisotopic (exact) mass is 481 g/mol.